The van der Waals surface area contributed by atoms with Gasteiger partial charge < -0.3 is 24.8 Å². The topological polar surface area (TPSA) is 114 Å². The summed E-state index contributed by atoms with van der Waals surface area (Å²) in [7, 11) is 1.72. The van der Waals surface area contributed by atoms with Gasteiger partial charge in [-0.05, 0) is 51.5 Å². The first-order chi connectivity index (χ1) is 17.5. The van der Waals surface area contributed by atoms with Crippen LogP contribution in [0.3, 0.4) is 0 Å². The molecule has 1 aliphatic carbocycles. The average Bonchev–Trinajstić information content (AvgIpc) is 2.90. The maximum absolute atomic E-state index is 14.7. The second-order valence-corrected chi connectivity index (χ2v) is 9.80. The fraction of sp³-hybridized carbons (Fsp3) is 0.615. The standard InChI is InChI=1S/C26H35FN6O3/c1-18(15-34-2)31-19-3-5-20(6-4-19)32-24-11-21(22(27)12-30-24)23-13-29-14-25(33-23)36-17-26(16-28)7-9-35-10-8-26/h11-14,18-20,31H,3-10,15,17H2,1-2H3,(H,30,32)/t18-,19-,20-/m1/s1. The zero-order chi connectivity index (χ0) is 25.4. The molecule has 0 radical (unpaired) electrons. The highest BCUT2D eigenvalue weighted by Crippen LogP contribution is 2.31. The van der Waals surface area contributed by atoms with Crippen LogP contribution < -0.4 is 15.4 Å². The summed E-state index contributed by atoms with van der Waals surface area (Å²) >= 11 is 0. The van der Waals surface area contributed by atoms with E-state index in [9.17, 15) is 9.65 Å². The fourth-order valence-corrected chi connectivity index (χ4v) is 4.84. The van der Waals surface area contributed by atoms with Gasteiger partial charge in [0.1, 0.15) is 12.4 Å². The van der Waals surface area contributed by atoms with Crippen molar-refractivity contribution in [1.82, 2.24) is 20.3 Å². The van der Waals surface area contributed by atoms with Gasteiger partial charge in [-0.3, -0.25) is 4.98 Å². The largest absolute Gasteiger partial charge is 0.475 e. The summed E-state index contributed by atoms with van der Waals surface area (Å²) in [5, 5.41) is 16.7. The van der Waals surface area contributed by atoms with Crippen LogP contribution in [-0.4, -0.2) is 66.6 Å². The minimum Gasteiger partial charge on any atom is -0.475 e. The molecule has 2 N–H and O–H groups in total. The van der Waals surface area contributed by atoms with E-state index in [-0.39, 0.29) is 18.5 Å². The zero-order valence-electron chi connectivity index (χ0n) is 21.0. The van der Waals surface area contributed by atoms with E-state index in [4.69, 9.17) is 14.2 Å². The first kappa shape index (κ1) is 26.2. The summed E-state index contributed by atoms with van der Waals surface area (Å²) < 4.78 is 31.1. The lowest BCUT2D eigenvalue weighted by molar-refractivity contribution is 0.0182. The fourth-order valence-electron chi connectivity index (χ4n) is 4.84. The number of rotatable bonds is 10. The van der Waals surface area contributed by atoms with E-state index in [0.717, 1.165) is 25.7 Å². The predicted octanol–water partition coefficient (Wildman–Crippen LogP) is 3.72. The monoisotopic (exact) mass is 498 g/mol. The highest BCUT2D eigenvalue weighted by atomic mass is 19.1. The third-order valence-corrected chi connectivity index (χ3v) is 6.94. The van der Waals surface area contributed by atoms with Gasteiger partial charge in [0.25, 0.3) is 0 Å². The molecule has 0 spiro atoms. The molecule has 36 heavy (non-hydrogen) atoms. The van der Waals surface area contributed by atoms with Gasteiger partial charge in [0.2, 0.25) is 5.88 Å². The van der Waals surface area contributed by atoms with Gasteiger partial charge >= 0.3 is 0 Å². The van der Waals surface area contributed by atoms with Crippen LogP contribution >= 0.6 is 0 Å². The van der Waals surface area contributed by atoms with Crippen LogP contribution in [0.1, 0.15) is 45.4 Å². The van der Waals surface area contributed by atoms with Crippen molar-refractivity contribution in [1.29, 1.82) is 5.26 Å². The first-order valence-electron chi connectivity index (χ1n) is 12.6. The molecule has 2 fully saturated rings. The third kappa shape index (κ3) is 6.87. The summed E-state index contributed by atoms with van der Waals surface area (Å²) in [6.45, 7) is 4.09. The number of pyridine rings is 1. The Bertz CT molecular complexity index is 1030. The number of hydrogen-bond donors (Lipinski definition) is 2. The molecule has 1 aliphatic heterocycles. The van der Waals surface area contributed by atoms with Crippen LogP contribution in [0.25, 0.3) is 11.3 Å². The van der Waals surface area contributed by atoms with Crippen molar-refractivity contribution in [3.05, 3.63) is 30.5 Å². The highest BCUT2D eigenvalue weighted by molar-refractivity contribution is 5.63. The molecule has 10 heteroatoms. The minimum atomic E-state index is -0.606. The van der Waals surface area contributed by atoms with Crippen LogP contribution in [0.4, 0.5) is 10.2 Å². The minimum absolute atomic E-state index is 0.193. The van der Waals surface area contributed by atoms with Crippen molar-refractivity contribution >= 4 is 5.82 Å². The number of halogens is 1. The number of aromatic nitrogens is 3. The maximum atomic E-state index is 14.7. The number of nitriles is 1. The lowest BCUT2D eigenvalue weighted by atomic mass is 9.83. The van der Waals surface area contributed by atoms with Crippen molar-refractivity contribution in [2.75, 3.05) is 38.9 Å². The second-order valence-electron chi connectivity index (χ2n) is 9.80. The molecule has 194 valence electrons. The number of nitrogens with one attached hydrogen (secondary N) is 2. The van der Waals surface area contributed by atoms with Crippen molar-refractivity contribution in [2.45, 2.75) is 63.6 Å². The third-order valence-electron chi connectivity index (χ3n) is 6.94. The van der Waals surface area contributed by atoms with Crippen molar-refractivity contribution in [3.63, 3.8) is 0 Å². The van der Waals surface area contributed by atoms with E-state index in [1.54, 1.807) is 13.2 Å². The summed E-state index contributed by atoms with van der Waals surface area (Å²) in [6.07, 6.45) is 9.51. The molecule has 2 aromatic heterocycles. The van der Waals surface area contributed by atoms with Crippen LogP contribution in [-0.2, 0) is 9.47 Å². The number of ether oxygens (including phenoxy) is 3. The normalized spacial score (nSPS) is 22.4. The Balaban J connectivity index is 1.37. The van der Waals surface area contributed by atoms with Gasteiger partial charge in [0.05, 0.1) is 42.4 Å². The summed E-state index contributed by atoms with van der Waals surface area (Å²) in [6, 6.07) is 5.11. The van der Waals surface area contributed by atoms with Gasteiger partial charge in [-0.2, -0.15) is 5.26 Å². The lowest BCUT2D eigenvalue weighted by Gasteiger charge is -2.31. The van der Waals surface area contributed by atoms with E-state index in [1.807, 2.05) is 0 Å². The van der Waals surface area contributed by atoms with E-state index in [0.29, 0.717) is 61.8 Å². The van der Waals surface area contributed by atoms with Gasteiger partial charge in [-0.1, -0.05) is 0 Å². The highest BCUT2D eigenvalue weighted by Gasteiger charge is 2.34. The molecule has 0 bridgehead atoms. The first-order valence-corrected chi connectivity index (χ1v) is 12.6. The average molecular weight is 499 g/mol. The van der Waals surface area contributed by atoms with Crippen molar-refractivity contribution in [2.24, 2.45) is 5.41 Å². The Morgan fingerprint density at radius 2 is 1.94 bits per heavy atom. The predicted molar refractivity (Wildman–Crippen MR) is 133 cm³/mol. The molecule has 2 aliphatic rings. The Morgan fingerprint density at radius 1 is 1.19 bits per heavy atom. The molecule has 3 heterocycles. The summed E-state index contributed by atoms with van der Waals surface area (Å²) in [4.78, 5) is 12.9. The van der Waals surface area contributed by atoms with E-state index in [2.05, 4.69) is 38.6 Å². The molecular weight excluding hydrogens is 463 g/mol. The van der Waals surface area contributed by atoms with Crippen LogP contribution in [0, 0.1) is 22.6 Å². The summed E-state index contributed by atoms with van der Waals surface area (Å²) in [5.41, 5.74) is 0.0504. The van der Waals surface area contributed by atoms with Crippen molar-refractivity contribution in [3.8, 4) is 23.2 Å². The molecule has 1 saturated heterocycles. The van der Waals surface area contributed by atoms with Gasteiger partial charge in [-0.25, -0.2) is 14.4 Å². The molecule has 2 aromatic rings. The molecule has 1 saturated carbocycles. The maximum Gasteiger partial charge on any atom is 0.232 e. The van der Waals surface area contributed by atoms with Crippen LogP contribution in [0.5, 0.6) is 5.88 Å². The van der Waals surface area contributed by atoms with Gasteiger partial charge in [0.15, 0.2) is 5.82 Å². The zero-order valence-corrected chi connectivity index (χ0v) is 21.0. The molecular formula is C26H35FN6O3. The number of nitrogens with zero attached hydrogens (tertiary/aromatic N) is 4. The molecule has 0 unspecified atom stereocenters. The lowest BCUT2D eigenvalue weighted by Crippen LogP contribution is -2.42. The summed E-state index contributed by atoms with van der Waals surface area (Å²) in [5.74, 6) is 0.382. The molecule has 0 aromatic carbocycles. The second kappa shape index (κ2) is 12.4. The molecule has 9 nitrogen and oxygen atoms in total. The Kier molecular flexibility index (Phi) is 9.02. The Labute approximate surface area is 211 Å². The number of methoxy groups -OCH3 is 1. The molecule has 4 rings (SSSR count). The smallest absolute Gasteiger partial charge is 0.232 e. The number of anilines is 1. The Hall–Kier alpha value is -2.87. The molecule has 0 amide bonds. The van der Waals surface area contributed by atoms with Crippen LogP contribution in [0.2, 0.25) is 0 Å². The Morgan fingerprint density at radius 3 is 2.67 bits per heavy atom. The van der Waals surface area contributed by atoms with Gasteiger partial charge in [-0.15, -0.1) is 0 Å². The van der Waals surface area contributed by atoms with E-state index in [1.165, 1.54) is 18.6 Å². The van der Waals surface area contributed by atoms with E-state index < -0.39 is 11.2 Å². The SMILES string of the molecule is COC[C@@H](C)N[C@H]1CC[C@H](Nc2cc(-c3cncc(OCC4(C#N)CCOCC4)n3)c(F)cn2)CC1. The number of hydrogen-bond acceptors (Lipinski definition) is 9. The van der Waals surface area contributed by atoms with Gasteiger partial charge in [0, 0.05) is 44.0 Å². The van der Waals surface area contributed by atoms with Crippen molar-refractivity contribution < 1.29 is 18.6 Å². The van der Waals surface area contributed by atoms with Crippen LogP contribution in [0.15, 0.2) is 24.7 Å². The molecule has 1 atom stereocenters. The van der Waals surface area contributed by atoms with E-state index >= 15 is 0 Å². The quantitative estimate of drug-likeness (QED) is 0.506.